The summed E-state index contributed by atoms with van der Waals surface area (Å²) >= 11 is 7.19. The number of aromatic nitrogens is 5. The summed E-state index contributed by atoms with van der Waals surface area (Å²) in [7, 11) is 0. The maximum Gasteiger partial charge on any atom is 0.273 e. The standard InChI is InChI=1S/C17H13ClN6OS/c1-9-7-24(15-11(9)4-3-5-19-15)23-16(25)12-6-20-14(21-10(12)2)17-22-13(18)8-26-17/h3-8H,1-2H3,(H,23,25). The minimum absolute atomic E-state index is 0.311. The fourth-order valence-electron chi connectivity index (χ4n) is 2.63. The van der Waals surface area contributed by atoms with Crippen LogP contribution in [0.2, 0.25) is 5.15 Å². The van der Waals surface area contributed by atoms with E-state index in [0.29, 0.717) is 32.9 Å². The third-order valence-corrected chi connectivity index (χ3v) is 5.04. The second kappa shape index (κ2) is 6.47. The highest BCUT2D eigenvalue weighted by Gasteiger charge is 2.16. The van der Waals surface area contributed by atoms with Crippen molar-refractivity contribution in [3.63, 3.8) is 0 Å². The summed E-state index contributed by atoms with van der Waals surface area (Å²) in [5, 5.41) is 3.70. The Labute approximate surface area is 157 Å². The van der Waals surface area contributed by atoms with Gasteiger partial charge in [0.25, 0.3) is 5.91 Å². The number of halogens is 1. The van der Waals surface area contributed by atoms with Crippen LogP contribution in [0.15, 0.2) is 36.1 Å². The lowest BCUT2D eigenvalue weighted by Crippen LogP contribution is -2.23. The van der Waals surface area contributed by atoms with Crippen LogP contribution in [-0.2, 0) is 0 Å². The molecule has 7 nitrogen and oxygen atoms in total. The summed E-state index contributed by atoms with van der Waals surface area (Å²) in [5.41, 5.74) is 5.48. The van der Waals surface area contributed by atoms with E-state index in [9.17, 15) is 4.79 Å². The zero-order chi connectivity index (χ0) is 18.3. The van der Waals surface area contributed by atoms with E-state index in [4.69, 9.17) is 11.6 Å². The minimum Gasteiger partial charge on any atom is -0.267 e. The predicted molar refractivity (Wildman–Crippen MR) is 101 cm³/mol. The number of thiazole rings is 1. The number of hydrogen-bond donors (Lipinski definition) is 1. The third-order valence-electron chi connectivity index (χ3n) is 3.88. The number of carbonyl (C=O) groups is 1. The molecular formula is C17H13ClN6OS. The molecule has 4 heterocycles. The van der Waals surface area contributed by atoms with Gasteiger partial charge in [-0.15, -0.1) is 11.3 Å². The quantitative estimate of drug-likeness (QED) is 0.583. The number of nitrogens with one attached hydrogen (secondary N) is 1. The van der Waals surface area contributed by atoms with E-state index in [1.807, 2.05) is 25.3 Å². The zero-order valence-corrected chi connectivity index (χ0v) is 15.5. The van der Waals surface area contributed by atoms with Gasteiger partial charge in [0.05, 0.1) is 11.3 Å². The number of hydrogen-bond acceptors (Lipinski definition) is 6. The smallest absolute Gasteiger partial charge is 0.267 e. The Kier molecular flexibility index (Phi) is 4.14. The van der Waals surface area contributed by atoms with Crippen molar-refractivity contribution in [3.05, 3.63) is 58.1 Å². The molecule has 0 unspecified atom stereocenters. The maximum atomic E-state index is 12.7. The summed E-state index contributed by atoms with van der Waals surface area (Å²) in [6.45, 7) is 3.72. The second-order valence-electron chi connectivity index (χ2n) is 5.67. The molecule has 0 aliphatic carbocycles. The van der Waals surface area contributed by atoms with E-state index < -0.39 is 0 Å². The summed E-state index contributed by atoms with van der Waals surface area (Å²) in [6.07, 6.45) is 5.01. The summed E-state index contributed by atoms with van der Waals surface area (Å²) in [4.78, 5) is 29.8. The van der Waals surface area contributed by atoms with Crippen LogP contribution in [-0.4, -0.2) is 30.5 Å². The number of amides is 1. The first-order chi connectivity index (χ1) is 12.5. The van der Waals surface area contributed by atoms with Gasteiger partial charge >= 0.3 is 0 Å². The summed E-state index contributed by atoms with van der Waals surface area (Å²) in [6, 6.07) is 3.83. The number of carbonyl (C=O) groups excluding carboxylic acids is 1. The van der Waals surface area contributed by atoms with Gasteiger partial charge in [0.2, 0.25) is 0 Å². The number of aryl methyl sites for hydroxylation is 2. The lowest BCUT2D eigenvalue weighted by Gasteiger charge is -2.09. The van der Waals surface area contributed by atoms with E-state index in [-0.39, 0.29) is 5.91 Å². The van der Waals surface area contributed by atoms with Crippen LogP contribution in [0.25, 0.3) is 21.9 Å². The van der Waals surface area contributed by atoms with Crippen LogP contribution < -0.4 is 5.43 Å². The molecule has 1 N–H and O–H groups in total. The van der Waals surface area contributed by atoms with Crippen LogP contribution in [0.4, 0.5) is 0 Å². The number of rotatable bonds is 3. The Morgan fingerprint density at radius 3 is 2.85 bits per heavy atom. The van der Waals surface area contributed by atoms with Gasteiger partial charge in [-0.3, -0.25) is 10.2 Å². The fourth-order valence-corrected chi connectivity index (χ4v) is 3.51. The van der Waals surface area contributed by atoms with Crippen molar-refractivity contribution in [1.29, 1.82) is 0 Å². The maximum absolute atomic E-state index is 12.7. The van der Waals surface area contributed by atoms with Crippen LogP contribution in [0.3, 0.4) is 0 Å². The number of nitrogens with zero attached hydrogens (tertiary/aromatic N) is 5. The third kappa shape index (κ3) is 2.93. The largest absolute Gasteiger partial charge is 0.273 e. The van der Waals surface area contributed by atoms with Crippen molar-refractivity contribution in [2.24, 2.45) is 0 Å². The molecule has 9 heteroatoms. The lowest BCUT2D eigenvalue weighted by molar-refractivity contribution is 0.101. The monoisotopic (exact) mass is 384 g/mol. The first-order valence-corrected chi connectivity index (χ1v) is 8.98. The Hall–Kier alpha value is -2.84. The van der Waals surface area contributed by atoms with Crippen LogP contribution >= 0.6 is 22.9 Å². The van der Waals surface area contributed by atoms with E-state index in [1.54, 1.807) is 23.2 Å². The Morgan fingerprint density at radius 2 is 2.12 bits per heavy atom. The SMILES string of the molecule is Cc1nc(-c2nc(Cl)cs2)ncc1C(=O)Nn1cc(C)c2cccnc21. The highest BCUT2D eigenvalue weighted by Crippen LogP contribution is 2.23. The van der Waals surface area contributed by atoms with Crippen LogP contribution in [0.1, 0.15) is 21.6 Å². The molecule has 4 aromatic heterocycles. The van der Waals surface area contributed by atoms with Gasteiger partial charge in [0.1, 0.15) is 5.15 Å². The number of pyridine rings is 1. The molecule has 0 aliphatic rings. The molecule has 0 saturated heterocycles. The molecule has 4 rings (SSSR count). The molecule has 0 fully saturated rings. The average Bonchev–Trinajstić information content (AvgIpc) is 3.19. The predicted octanol–water partition coefficient (Wildman–Crippen LogP) is 3.60. The minimum atomic E-state index is -0.311. The fraction of sp³-hybridized carbons (Fsp3) is 0.118. The molecular weight excluding hydrogens is 372 g/mol. The molecule has 0 saturated carbocycles. The van der Waals surface area contributed by atoms with Gasteiger partial charge in [0.15, 0.2) is 16.5 Å². The van der Waals surface area contributed by atoms with E-state index in [1.165, 1.54) is 17.5 Å². The highest BCUT2D eigenvalue weighted by molar-refractivity contribution is 7.13. The lowest BCUT2D eigenvalue weighted by atomic mass is 10.2. The van der Waals surface area contributed by atoms with Gasteiger partial charge in [-0.25, -0.2) is 24.6 Å². The molecule has 26 heavy (non-hydrogen) atoms. The van der Waals surface area contributed by atoms with E-state index >= 15 is 0 Å². The van der Waals surface area contributed by atoms with Crippen molar-refractivity contribution in [3.8, 4) is 10.8 Å². The topological polar surface area (TPSA) is 85.6 Å². The van der Waals surface area contributed by atoms with Crippen molar-refractivity contribution < 1.29 is 4.79 Å². The second-order valence-corrected chi connectivity index (χ2v) is 6.91. The molecule has 0 aliphatic heterocycles. The normalized spacial score (nSPS) is 11.0. The van der Waals surface area contributed by atoms with Gasteiger partial charge in [-0.1, -0.05) is 11.6 Å². The van der Waals surface area contributed by atoms with Gasteiger partial charge in [0, 0.05) is 29.4 Å². The van der Waals surface area contributed by atoms with Gasteiger partial charge < -0.3 is 0 Å². The molecule has 130 valence electrons. The molecule has 0 atom stereocenters. The Balaban J connectivity index is 1.64. The average molecular weight is 385 g/mol. The van der Waals surface area contributed by atoms with Crippen molar-refractivity contribution in [1.82, 2.24) is 24.6 Å². The molecule has 0 spiro atoms. The van der Waals surface area contributed by atoms with Crippen molar-refractivity contribution in [2.75, 3.05) is 5.43 Å². The Bertz CT molecular complexity index is 1140. The highest BCUT2D eigenvalue weighted by atomic mass is 35.5. The molecule has 0 radical (unpaired) electrons. The van der Waals surface area contributed by atoms with Crippen LogP contribution in [0.5, 0.6) is 0 Å². The van der Waals surface area contributed by atoms with Crippen LogP contribution in [0, 0.1) is 13.8 Å². The van der Waals surface area contributed by atoms with Crippen molar-refractivity contribution >= 4 is 39.9 Å². The zero-order valence-electron chi connectivity index (χ0n) is 13.9. The summed E-state index contributed by atoms with van der Waals surface area (Å²) in [5.74, 6) is 0.133. The molecule has 0 aromatic carbocycles. The Morgan fingerprint density at radius 1 is 1.27 bits per heavy atom. The van der Waals surface area contributed by atoms with E-state index in [2.05, 4.69) is 25.4 Å². The van der Waals surface area contributed by atoms with E-state index in [0.717, 1.165) is 10.9 Å². The first-order valence-electron chi connectivity index (χ1n) is 7.72. The molecule has 1 amide bonds. The molecule has 0 bridgehead atoms. The van der Waals surface area contributed by atoms with Gasteiger partial charge in [-0.05, 0) is 31.5 Å². The first kappa shape index (κ1) is 16.6. The summed E-state index contributed by atoms with van der Waals surface area (Å²) < 4.78 is 1.61. The number of fused-ring (bicyclic) bond motifs is 1. The molecule has 4 aromatic rings. The van der Waals surface area contributed by atoms with Gasteiger partial charge in [-0.2, -0.15) is 0 Å². The van der Waals surface area contributed by atoms with Crippen molar-refractivity contribution in [2.45, 2.75) is 13.8 Å².